The third-order valence-corrected chi connectivity index (χ3v) is 6.42. The van der Waals surface area contributed by atoms with Gasteiger partial charge in [-0.05, 0) is 45.4 Å². The van der Waals surface area contributed by atoms with E-state index in [0.717, 1.165) is 16.8 Å². The van der Waals surface area contributed by atoms with Crippen molar-refractivity contribution in [3.63, 3.8) is 0 Å². The number of sulfonamides is 1. The van der Waals surface area contributed by atoms with Gasteiger partial charge in [0.25, 0.3) is 0 Å². The maximum Gasteiger partial charge on any atom is 0.319 e. The number of benzene rings is 1. The van der Waals surface area contributed by atoms with Crippen LogP contribution in [-0.2, 0) is 14.8 Å². The zero-order valence-corrected chi connectivity index (χ0v) is 15.9. The molecule has 2 atom stereocenters. The van der Waals surface area contributed by atoms with Crippen LogP contribution in [0.4, 0.5) is 20.6 Å². The summed E-state index contributed by atoms with van der Waals surface area (Å²) < 4.78 is 44.9. The van der Waals surface area contributed by atoms with Crippen molar-refractivity contribution >= 4 is 27.4 Å². The number of hydrogen-bond acceptors (Lipinski definition) is 4. The van der Waals surface area contributed by atoms with Gasteiger partial charge in [-0.25, -0.2) is 17.6 Å². The number of carbonyl (C=O) groups is 1. The molecular weight excluding hydrogens is 361 g/mol. The number of nitrogens with one attached hydrogen (secondary N) is 2. The molecule has 7 nitrogen and oxygen atoms in total. The summed E-state index contributed by atoms with van der Waals surface area (Å²) in [6.07, 6.45) is 1.24. The molecule has 1 aliphatic carbocycles. The van der Waals surface area contributed by atoms with Crippen LogP contribution in [0.2, 0.25) is 0 Å². The number of halogens is 1. The van der Waals surface area contributed by atoms with Crippen molar-refractivity contribution in [3.05, 3.63) is 24.0 Å². The lowest BCUT2D eigenvalue weighted by molar-refractivity contribution is -0.00450. The van der Waals surface area contributed by atoms with Gasteiger partial charge >= 0.3 is 6.03 Å². The molecule has 26 heavy (non-hydrogen) atoms. The molecule has 2 fully saturated rings. The molecule has 1 heterocycles. The fourth-order valence-electron chi connectivity index (χ4n) is 3.24. The fraction of sp³-hybridized carbons (Fsp3) is 0.588. The van der Waals surface area contributed by atoms with Gasteiger partial charge in [0.05, 0.1) is 29.2 Å². The minimum Gasteiger partial charge on any atom is -0.370 e. The topological polar surface area (TPSA) is 87.7 Å². The molecule has 1 aromatic carbocycles. The number of nitrogens with zero attached hydrogens (tertiary/aromatic N) is 1. The van der Waals surface area contributed by atoms with Crippen LogP contribution in [0, 0.1) is 5.82 Å². The van der Waals surface area contributed by atoms with E-state index in [1.807, 2.05) is 20.8 Å². The summed E-state index contributed by atoms with van der Waals surface area (Å²) in [5.74, 6) is -0.637. The first kappa shape index (κ1) is 18.9. The Balaban J connectivity index is 1.66. The van der Waals surface area contributed by atoms with Gasteiger partial charge in [-0.15, -0.1) is 0 Å². The highest BCUT2D eigenvalue weighted by molar-refractivity contribution is 7.93. The Bertz CT molecular complexity index is 814. The molecule has 9 heteroatoms. The van der Waals surface area contributed by atoms with Crippen LogP contribution < -0.4 is 14.9 Å². The average Bonchev–Trinajstić information content (AvgIpc) is 2.97. The Labute approximate surface area is 152 Å². The number of hydrogen-bond donors (Lipinski definition) is 2. The van der Waals surface area contributed by atoms with Gasteiger partial charge in [0.2, 0.25) is 10.0 Å². The maximum absolute atomic E-state index is 14.1. The van der Waals surface area contributed by atoms with E-state index in [0.29, 0.717) is 12.1 Å². The van der Waals surface area contributed by atoms with E-state index < -0.39 is 21.9 Å². The highest BCUT2D eigenvalue weighted by atomic mass is 32.2. The lowest BCUT2D eigenvalue weighted by Gasteiger charge is -2.19. The van der Waals surface area contributed by atoms with Crippen LogP contribution in [0.5, 0.6) is 0 Å². The van der Waals surface area contributed by atoms with Crippen molar-refractivity contribution in [2.24, 2.45) is 0 Å². The summed E-state index contributed by atoms with van der Waals surface area (Å²) >= 11 is 0. The summed E-state index contributed by atoms with van der Waals surface area (Å²) in [4.78, 5) is 12.2. The lowest BCUT2D eigenvalue weighted by Crippen LogP contribution is -2.36. The summed E-state index contributed by atoms with van der Waals surface area (Å²) in [6.45, 7) is 6.05. The Morgan fingerprint density at radius 3 is 2.77 bits per heavy atom. The number of anilines is 2. The second kappa shape index (κ2) is 6.70. The first-order valence-corrected chi connectivity index (χ1v) is 10.3. The van der Waals surface area contributed by atoms with Crippen LogP contribution >= 0.6 is 0 Å². The summed E-state index contributed by atoms with van der Waals surface area (Å²) in [5, 5.41) is 5.45. The molecule has 2 aliphatic rings. The average molecular weight is 385 g/mol. The standard InChI is InChI=1S/C17H24FN3O4S/c1-11(2)25-17(3)10-15(17)20-16(22)19-12-5-6-13(18)14(9-12)21-7-4-8-26(21,23)24/h5-6,9,11,15H,4,7-8,10H2,1-3H3,(H2,19,20,22)/t15-,17+/m1/s1. The van der Waals surface area contributed by atoms with E-state index in [9.17, 15) is 17.6 Å². The van der Waals surface area contributed by atoms with E-state index in [1.54, 1.807) is 0 Å². The Hall–Kier alpha value is -1.87. The molecule has 0 radical (unpaired) electrons. The molecule has 0 bridgehead atoms. The van der Waals surface area contributed by atoms with Gasteiger partial charge in [0, 0.05) is 18.7 Å². The monoisotopic (exact) mass is 385 g/mol. The number of rotatable bonds is 5. The summed E-state index contributed by atoms with van der Waals surface area (Å²) in [6, 6.07) is 3.37. The van der Waals surface area contributed by atoms with E-state index in [2.05, 4.69) is 10.6 Å². The van der Waals surface area contributed by atoms with E-state index >= 15 is 0 Å². The van der Waals surface area contributed by atoms with Gasteiger partial charge < -0.3 is 15.4 Å². The molecule has 0 unspecified atom stereocenters. The first-order chi connectivity index (χ1) is 12.1. The van der Waals surface area contributed by atoms with Gasteiger partial charge in [-0.1, -0.05) is 0 Å². The number of carbonyl (C=O) groups excluding carboxylic acids is 1. The van der Waals surface area contributed by atoms with Crippen molar-refractivity contribution in [2.45, 2.75) is 51.4 Å². The van der Waals surface area contributed by atoms with Crippen LogP contribution in [0.3, 0.4) is 0 Å². The fourth-order valence-corrected chi connectivity index (χ4v) is 4.80. The van der Waals surface area contributed by atoms with Crippen molar-refractivity contribution in [2.75, 3.05) is 21.9 Å². The minimum atomic E-state index is -3.50. The predicted octanol–water partition coefficient (Wildman–Crippen LogP) is 2.44. The zero-order valence-electron chi connectivity index (χ0n) is 15.1. The van der Waals surface area contributed by atoms with Gasteiger partial charge in [0.1, 0.15) is 5.82 Å². The molecule has 2 N–H and O–H groups in total. The largest absolute Gasteiger partial charge is 0.370 e. The zero-order chi connectivity index (χ0) is 19.1. The van der Waals surface area contributed by atoms with Gasteiger partial charge in [0.15, 0.2) is 0 Å². The molecule has 0 spiro atoms. The maximum atomic E-state index is 14.1. The summed E-state index contributed by atoms with van der Waals surface area (Å²) in [7, 11) is -3.50. The third kappa shape index (κ3) is 3.93. The quantitative estimate of drug-likeness (QED) is 0.815. The number of urea groups is 1. The minimum absolute atomic E-state index is 0.000691. The van der Waals surface area contributed by atoms with E-state index in [4.69, 9.17) is 4.74 Å². The van der Waals surface area contributed by atoms with Crippen LogP contribution in [0.1, 0.15) is 33.6 Å². The molecule has 1 aromatic rings. The van der Waals surface area contributed by atoms with Crippen LogP contribution in [0.15, 0.2) is 18.2 Å². The Kier molecular flexibility index (Phi) is 4.87. The highest BCUT2D eigenvalue weighted by Crippen LogP contribution is 2.40. The SMILES string of the molecule is CC(C)O[C@@]1(C)C[C@H]1NC(=O)Nc1ccc(F)c(N2CCCS2(=O)=O)c1. The van der Waals surface area contributed by atoms with Crippen molar-refractivity contribution in [1.82, 2.24) is 5.32 Å². The molecule has 1 saturated heterocycles. The lowest BCUT2D eigenvalue weighted by atomic mass is 10.2. The van der Waals surface area contributed by atoms with Crippen molar-refractivity contribution in [3.8, 4) is 0 Å². The summed E-state index contributed by atoms with van der Waals surface area (Å²) in [5.41, 5.74) is -0.0869. The highest BCUT2D eigenvalue weighted by Gasteiger charge is 2.53. The van der Waals surface area contributed by atoms with Crippen LogP contribution in [0.25, 0.3) is 0 Å². The number of ether oxygens (including phenoxy) is 1. The van der Waals surface area contributed by atoms with Crippen LogP contribution in [-0.4, -0.2) is 44.5 Å². The molecular formula is C17H24FN3O4S. The molecule has 1 saturated carbocycles. The second-order valence-corrected chi connectivity index (χ2v) is 9.26. The Morgan fingerprint density at radius 1 is 1.42 bits per heavy atom. The normalized spacial score (nSPS) is 26.8. The number of amides is 2. The molecule has 3 rings (SSSR count). The van der Waals surface area contributed by atoms with Crippen molar-refractivity contribution < 1.29 is 22.3 Å². The predicted molar refractivity (Wildman–Crippen MR) is 97.3 cm³/mol. The molecule has 144 valence electrons. The molecule has 2 amide bonds. The van der Waals surface area contributed by atoms with E-state index in [-0.39, 0.29) is 35.7 Å². The molecule has 0 aromatic heterocycles. The second-order valence-electron chi connectivity index (χ2n) is 7.24. The molecule has 1 aliphatic heterocycles. The Morgan fingerprint density at radius 2 is 2.15 bits per heavy atom. The van der Waals surface area contributed by atoms with Gasteiger partial charge in [-0.2, -0.15) is 0 Å². The van der Waals surface area contributed by atoms with E-state index in [1.165, 1.54) is 12.1 Å². The van der Waals surface area contributed by atoms with Gasteiger partial charge in [-0.3, -0.25) is 4.31 Å². The third-order valence-electron chi connectivity index (χ3n) is 4.57. The smallest absolute Gasteiger partial charge is 0.319 e. The first-order valence-electron chi connectivity index (χ1n) is 8.66. The van der Waals surface area contributed by atoms with Crippen molar-refractivity contribution in [1.29, 1.82) is 0 Å².